The molecule has 0 spiro atoms. The molecule has 7 heteroatoms. The third kappa shape index (κ3) is 3.62. The predicted octanol–water partition coefficient (Wildman–Crippen LogP) is 3.52. The maximum Gasteiger partial charge on any atom is 0.269 e. The van der Waals surface area contributed by atoms with Crippen molar-refractivity contribution >= 4 is 21.4 Å². The highest BCUT2D eigenvalue weighted by Gasteiger charge is 2.16. The van der Waals surface area contributed by atoms with Crippen LogP contribution in [0.5, 0.6) is 0 Å². The quantitative estimate of drug-likeness (QED) is 0.674. The molecule has 0 atom stereocenters. The van der Waals surface area contributed by atoms with E-state index in [0.717, 1.165) is 17.7 Å². The molecule has 6 nitrogen and oxygen atoms in total. The minimum absolute atomic E-state index is 0.0222. The summed E-state index contributed by atoms with van der Waals surface area (Å²) in [6.45, 7) is 4.10. The maximum atomic E-state index is 12.2. The van der Waals surface area contributed by atoms with E-state index in [0.29, 0.717) is 11.6 Å². The average molecular weight is 320 g/mol. The summed E-state index contributed by atoms with van der Waals surface area (Å²) >= 11 is 0. The fraction of sp³-hybridized carbons (Fsp3) is 0.200. The lowest BCUT2D eigenvalue weighted by Crippen LogP contribution is -2.12. The van der Waals surface area contributed by atoms with Gasteiger partial charge in [0, 0.05) is 17.8 Å². The SMILES string of the molecule is CC(C)c1ccc(NS(=O)(=O)c2ccc([N+](=O)[O-])cc2)cc1. The van der Waals surface area contributed by atoms with Gasteiger partial charge in [0.2, 0.25) is 0 Å². The summed E-state index contributed by atoms with van der Waals surface area (Å²) in [4.78, 5) is 9.98. The normalized spacial score (nSPS) is 11.4. The van der Waals surface area contributed by atoms with Crippen molar-refractivity contribution in [2.45, 2.75) is 24.7 Å². The van der Waals surface area contributed by atoms with Gasteiger partial charge >= 0.3 is 0 Å². The Balaban J connectivity index is 2.21. The fourth-order valence-corrected chi connectivity index (χ4v) is 2.96. The second-order valence-electron chi connectivity index (χ2n) is 5.13. The van der Waals surface area contributed by atoms with E-state index in [2.05, 4.69) is 18.6 Å². The molecule has 0 aromatic heterocycles. The monoisotopic (exact) mass is 320 g/mol. The van der Waals surface area contributed by atoms with Crippen molar-refractivity contribution in [3.8, 4) is 0 Å². The van der Waals surface area contributed by atoms with Crippen LogP contribution in [0.4, 0.5) is 11.4 Å². The van der Waals surface area contributed by atoms with Gasteiger partial charge in [0.25, 0.3) is 15.7 Å². The summed E-state index contributed by atoms with van der Waals surface area (Å²) in [6, 6.07) is 11.9. The Labute approximate surface area is 129 Å². The standard InChI is InChI=1S/C15H16N2O4S/c1-11(2)12-3-5-13(6-4-12)16-22(20,21)15-9-7-14(8-10-15)17(18)19/h3-11,16H,1-2H3. The van der Waals surface area contributed by atoms with Crippen molar-refractivity contribution in [3.05, 3.63) is 64.2 Å². The Morgan fingerprint density at radius 1 is 1.00 bits per heavy atom. The molecule has 0 radical (unpaired) electrons. The Bertz CT molecular complexity index is 766. The smallest absolute Gasteiger partial charge is 0.269 e. The molecular weight excluding hydrogens is 304 g/mol. The van der Waals surface area contributed by atoms with Gasteiger partial charge in [0.1, 0.15) is 0 Å². The molecular formula is C15H16N2O4S. The second kappa shape index (κ2) is 6.15. The Morgan fingerprint density at radius 3 is 2.00 bits per heavy atom. The van der Waals surface area contributed by atoms with Crippen molar-refractivity contribution in [2.24, 2.45) is 0 Å². The van der Waals surface area contributed by atoms with Crippen LogP contribution in [0, 0.1) is 10.1 Å². The van der Waals surface area contributed by atoms with Crippen LogP contribution in [-0.4, -0.2) is 13.3 Å². The van der Waals surface area contributed by atoms with Crippen LogP contribution < -0.4 is 4.72 Å². The maximum absolute atomic E-state index is 12.2. The number of sulfonamides is 1. The van der Waals surface area contributed by atoms with Crippen LogP contribution in [0.1, 0.15) is 25.3 Å². The molecule has 0 saturated heterocycles. The summed E-state index contributed by atoms with van der Waals surface area (Å²) < 4.78 is 26.9. The fourth-order valence-electron chi connectivity index (χ4n) is 1.90. The van der Waals surface area contributed by atoms with Crippen LogP contribution in [0.3, 0.4) is 0 Å². The van der Waals surface area contributed by atoms with Crippen LogP contribution in [0.2, 0.25) is 0 Å². The Kier molecular flexibility index (Phi) is 4.46. The first kappa shape index (κ1) is 16.0. The third-order valence-corrected chi connectivity index (χ3v) is 4.58. The molecule has 0 amide bonds. The molecule has 0 bridgehead atoms. The average Bonchev–Trinajstić information content (AvgIpc) is 2.47. The van der Waals surface area contributed by atoms with Crippen LogP contribution in [0.15, 0.2) is 53.4 Å². The van der Waals surface area contributed by atoms with E-state index in [1.807, 2.05) is 12.1 Å². The first-order valence-electron chi connectivity index (χ1n) is 6.67. The molecule has 2 rings (SSSR count). The van der Waals surface area contributed by atoms with Crippen LogP contribution in [-0.2, 0) is 10.0 Å². The van der Waals surface area contributed by atoms with Gasteiger partial charge in [0.15, 0.2) is 0 Å². The number of nitrogens with one attached hydrogen (secondary N) is 1. The van der Waals surface area contributed by atoms with E-state index >= 15 is 0 Å². The largest absolute Gasteiger partial charge is 0.280 e. The summed E-state index contributed by atoms with van der Waals surface area (Å²) in [5, 5.41) is 10.6. The number of hydrogen-bond donors (Lipinski definition) is 1. The van der Waals surface area contributed by atoms with Crippen LogP contribution in [0.25, 0.3) is 0 Å². The molecule has 0 aliphatic heterocycles. The summed E-state index contributed by atoms with van der Waals surface area (Å²) in [5.41, 5.74) is 1.40. The summed E-state index contributed by atoms with van der Waals surface area (Å²) in [6.07, 6.45) is 0. The van der Waals surface area contributed by atoms with Crippen molar-refractivity contribution in [2.75, 3.05) is 4.72 Å². The van der Waals surface area contributed by atoms with Gasteiger partial charge in [-0.2, -0.15) is 0 Å². The molecule has 0 saturated carbocycles. The highest BCUT2D eigenvalue weighted by molar-refractivity contribution is 7.92. The van der Waals surface area contributed by atoms with E-state index in [-0.39, 0.29) is 10.6 Å². The molecule has 0 aliphatic rings. The zero-order chi connectivity index (χ0) is 16.3. The molecule has 0 fully saturated rings. The number of non-ortho nitro benzene ring substituents is 1. The van der Waals surface area contributed by atoms with E-state index < -0.39 is 14.9 Å². The first-order valence-corrected chi connectivity index (χ1v) is 8.15. The lowest BCUT2D eigenvalue weighted by molar-refractivity contribution is -0.384. The van der Waals surface area contributed by atoms with Crippen molar-refractivity contribution in [3.63, 3.8) is 0 Å². The minimum atomic E-state index is -3.76. The van der Waals surface area contributed by atoms with Crippen LogP contribution >= 0.6 is 0 Å². The molecule has 116 valence electrons. The van der Waals surface area contributed by atoms with E-state index in [1.54, 1.807) is 12.1 Å². The van der Waals surface area contributed by atoms with E-state index in [9.17, 15) is 18.5 Å². The van der Waals surface area contributed by atoms with E-state index in [4.69, 9.17) is 0 Å². The zero-order valence-electron chi connectivity index (χ0n) is 12.2. The van der Waals surface area contributed by atoms with Gasteiger partial charge in [-0.1, -0.05) is 26.0 Å². The molecule has 1 N–H and O–H groups in total. The lowest BCUT2D eigenvalue weighted by atomic mass is 10.0. The number of rotatable bonds is 5. The van der Waals surface area contributed by atoms with Crippen molar-refractivity contribution in [1.29, 1.82) is 0 Å². The number of hydrogen-bond acceptors (Lipinski definition) is 4. The van der Waals surface area contributed by atoms with Gasteiger partial charge in [-0.25, -0.2) is 8.42 Å². The number of nitro benzene ring substituents is 1. The van der Waals surface area contributed by atoms with Crippen molar-refractivity contribution < 1.29 is 13.3 Å². The topological polar surface area (TPSA) is 89.3 Å². The number of nitro groups is 1. The molecule has 2 aromatic rings. The second-order valence-corrected chi connectivity index (χ2v) is 6.82. The molecule has 22 heavy (non-hydrogen) atoms. The third-order valence-electron chi connectivity index (χ3n) is 3.19. The van der Waals surface area contributed by atoms with E-state index in [1.165, 1.54) is 12.1 Å². The van der Waals surface area contributed by atoms with Gasteiger partial charge in [-0.15, -0.1) is 0 Å². The molecule has 0 unspecified atom stereocenters. The molecule has 0 heterocycles. The number of benzene rings is 2. The van der Waals surface area contributed by atoms with Gasteiger partial charge in [-0.3, -0.25) is 14.8 Å². The van der Waals surface area contributed by atoms with Gasteiger partial charge in [0.05, 0.1) is 9.82 Å². The molecule has 2 aromatic carbocycles. The number of nitrogens with zero attached hydrogens (tertiary/aromatic N) is 1. The highest BCUT2D eigenvalue weighted by Crippen LogP contribution is 2.21. The Morgan fingerprint density at radius 2 is 1.55 bits per heavy atom. The predicted molar refractivity (Wildman–Crippen MR) is 84.4 cm³/mol. The summed E-state index contributed by atoms with van der Waals surface area (Å²) in [5.74, 6) is 0.361. The Hall–Kier alpha value is -2.41. The lowest BCUT2D eigenvalue weighted by Gasteiger charge is -2.10. The molecule has 0 aliphatic carbocycles. The highest BCUT2D eigenvalue weighted by atomic mass is 32.2. The van der Waals surface area contributed by atoms with Gasteiger partial charge < -0.3 is 0 Å². The first-order chi connectivity index (χ1) is 10.3. The summed E-state index contributed by atoms with van der Waals surface area (Å²) in [7, 11) is -3.76. The number of anilines is 1. The van der Waals surface area contributed by atoms with Gasteiger partial charge in [-0.05, 0) is 35.7 Å². The van der Waals surface area contributed by atoms with Crippen molar-refractivity contribution in [1.82, 2.24) is 0 Å². The zero-order valence-corrected chi connectivity index (χ0v) is 13.0. The minimum Gasteiger partial charge on any atom is -0.280 e.